The van der Waals surface area contributed by atoms with Crippen LogP contribution < -0.4 is 5.32 Å². The van der Waals surface area contributed by atoms with Gasteiger partial charge in [0.25, 0.3) is 5.91 Å². The highest BCUT2D eigenvalue weighted by molar-refractivity contribution is 6.31. The average Bonchev–Trinajstić information content (AvgIpc) is 2.94. The summed E-state index contributed by atoms with van der Waals surface area (Å²) >= 11 is 5.87. The Kier molecular flexibility index (Phi) is 3.49. The molecule has 0 bridgehead atoms. The molecule has 0 fully saturated rings. The molecular weight excluding hydrogens is 240 g/mol. The van der Waals surface area contributed by atoms with Crippen LogP contribution in [0.25, 0.3) is 0 Å². The summed E-state index contributed by atoms with van der Waals surface area (Å²) < 4.78 is 1.81. The number of hydrogen-bond acceptors (Lipinski definition) is 2. The van der Waals surface area contributed by atoms with Crippen LogP contribution in [0.2, 0.25) is 5.02 Å². The molecule has 5 nitrogen and oxygen atoms in total. The van der Waals surface area contributed by atoms with Gasteiger partial charge in [-0.15, -0.1) is 0 Å². The Bertz CT molecular complexity index is 504. The highest BCUT2D eigenvalue weighted by Gasteiger charge is 2.11. The first-order valence-electron chi connectivity index (χ1n) is 5.33. The van der Waals surface area contributed by atoms with Crippen molar-refractivity contribution >= 4 is 17.5 Å². The smallest absolute Gasteiger partial charge is 0.268 e. The summed E-state index contributed by atoms with van der Waals surface area (Å²) in [6.45, 7) is 3.09. The van der Waals surface area contributed by atoms with Crippen LogP contribution in [-0.4, -0.2) is 20.7 Å². The molecule has 0 aliphatic rings. The first kappa shape index (κ1) is 11.7. The number of H-pyrrole nitrogens is 1. The normalized spacial score (nSPS) is 10.5. The van der Waals surface area contributed by atoms with Gasteiger partial charge in [0, 0.05) is 18.9 Å². The molecule has 90 valence electrons. The number of hydrogen-bond donors (Lipinski definition) is 2. The van der Waals surface area contributed by atoms with Crippen LogP contribution in [0.5, 0.6) is 0 Å². The van der Waals surface area contributed by atoms with Crippen LogP contribution in [0.1, 0.15) is 23.1 Å². The second-order valence-corrected chi connectivity index (χ2v) is 4.03. The van der Waals surface area contributed by atoms with E-state index in [1.807, 2.05) is 17.6 Å². The molecule has 6 heteroatoms. The van der Waals surface area contributed by atoms with Crippen molar-refractivity contribution in [2.75, 3.05) is 0 Å². The molecular formula is C11H13ClN4O. The minimum Gasteiger partial charge on any atom is -0.345 e. The zero-order chi connectivity index (χ0) is 12.3. The van der Waals surface area contributed by atoms with Gasteiger partial charge in [0.05, 0.1) is 17.3 Å². The van der Waals surface area contributed by atoms with Crippen molar-refractivity contribution in [1.82, 2.24) is 20.1 Å². The van der Waals surface area contributed by atoms with E-state index in [-0.39, 0.29) is 5.91 Å². The lowest BCUT2D eigenvalue weighted by atomic mass is 10.3. The molecule has 0 unspecified atom stereocenters. The van der Waals surface area contributed by atoms with Crippen LogP contribution in [0.3, 0.4) is 0 Å². The predicted octanol–water partition coefficient (Wildman–Crippen LogP) is 1.81. The standard InChI is InChI=1S/C11H13ClN4O/c1-2-16-7-8(12)5-10(16)11(17)13-6-9-3-4-14-15-9/h3-5,7H,2,6H2,1H3,(H,13,17)(H,14,15). The summed E-state index contributed by atoms with van der Waals surface area (Å²) in [6, 6.07) is 3.47. The fourth-order valence-electron chi connectivity index (χ4n) is 1.58. The Balaban J connectivity index is 2.04. The summed E-state index contributed by atoms with van der Waals surface area (Å²) in [7, 11) is 0. The molecule has 0 saturated carbocycles. The highest BCUT2D eigenvalue weighted by Crippen LogP contribution is 2.14. The minimum absolute atomic E-state index is 0.145. The summed E-state index contributed by atoms with van der Waals surface area (Å²) in [5.74, 6) is -0.145. The number of carbonyl (C=O) groups excluding carboxylic acids is 1. The van der Waals surface area contributed by atoms with Gasteiger partial charge in [-0.1, -0.05) is 11.6 Å². The minimum atomic E-state index is -0.145. The Labute approximate surface area is 104 Å². The number of aryl methyl sites for hydroxylation is 1. The second-order valence-electron chi connectivity index (χ2n) is 3.59. The third-order valence-electron chi connectivity index (χ3n) is 2.43. The van der Waals surface area contributed by atoms with Crippen molar-refractivity contribution in [3.63, 3.8) is 0 Å². The summed E-state index contributed by atoms with van der Waals surface area (Å²) in [6.07, 6.45) is 3.39. The van der Waals surface area contributed by atoms with E-state index in [0.29, 0.717) is 23.8 Å². The average molecular weight is 253 g/mol. The first-order chi connectivity index (χ1) is 8.20. The van der Waals surface area contributed by atoms with Crippen molar-refractivity contribution in [2.45, 2.75) is 20.0 Å². The molecule has 2 rings (SSSR count). The molecule has 2 aromatic rings. The Hall–Kier alpha value is -1.75. The van der Waals surface area contributed by atoms with Crippen LogP contribution in [-0.2, 0) is 13.1 Å². The zero-order valence-electron chi connectivity index (χ0n) is 9.40. The molecule has 0 aromatic carbocycles. The van der Waals surface area contributed by atoms with Crippen molar-refractivity contribution in [2.24, 2.45) is 0 Å². The summed E-state index contributed by atoms with van der Waals surface area (Å²) in [5, 5.41) is 9.96. The van der Waals surface area contributed by atoms with E-state index in [4.69, 9.17) is 11.6 Å². The van der Waals surface area contributed by atoms with Gasteiger partial charge in [-0.3, -0.25) is 9.89 Å². The fraction of sp³-hybridized carbons (Fsp3) is 0.273. The third kappa shape index (κ3) is 2.68. The molecule has 0 saturated heterocycles. The Morgan fingerprint density at radius 3 is 3.12 bits per heavy atom. The van der Waals surface area contributed by atoms with Gasteiger partial charge in [-0.05, 0) is 19.1 Å². The lowest BCUT2D eigenvalue weighted by Crippen LogP contribution is -2.25. The lowest BCUT2D eigenvalue weighted by Gasteiger charge is -2.06. The molecule has 0 aliphatic carbocycles. The van der Waals surface area contributed by atoms with Crippen LogP contribution in [0, 0.1) is 0 Å². The number of aromatic amines is 1. The molecule has 0 radical (unpaired) electrons. The second kappa shape index (κ2) is 5.05. The lowest BCUT2D eigenvalue weighted by molar-refractivity contribution is 0.0941. The topological polar surface area (TPSA) is 62.7 Å². The van der Waals surface area contributed by atoms with E-state index in [2.05, 4.69) is 15.5 Å². The Morgan fingerprint density at radius 1 is 1.65 bits per heavy atom. The molecule has 2 heterocycles. The van der Waals surface area contributed by atoms with E-state index in [9.17, 15) is 4.79 Å². The number of amides is 1. The summed E-state index contributed by atoms with van der Waals surface area (Å²) in [5.41, 5.74) is 1.43. The van der Waals surface area contributed by atoms with Crippen molar-refractivity contribution < 1.29 is 4.79 Å². The number of rotatable bonds is 4. The molecule has 2 aromatic heterocycles. The number of halogens is 1. The Morgan fingerprint density at radius 2 is 2.47 bits per heavy atom. The van der Waals surface area contributed by atoms with Crippen molar-refractivity contribution in [1.29, 1.82) is 0 Å². The monoisotopic (exact) mass is 252 g/mol. The molecule has 0 spiro atoms. The SMILES string of the molecule is CCn1cc(Cl)cc1C(=O)NCc1ccn[nH]1. The van der Waals surface area contributed by atoms with Gasteiger partial charge in [-0.25, -0.2) is 0 Å². The maximum atomic E-state index is 11.9. The van der Waals surface area contributed by atoms with E-state index in [1.54, 1.807) is 18.5 Å². The number of nitrogens with one attached hydrogen (secondary N) is 2. The van der Waals surface area contributed by atoms with Crippen molar-refractivity contribution in [3.8, 4) is 0 Å². The molecule has 17 heavy (non-hydrogen) atoms. The predicted molar refractivity (Wildman–Crippen MR) is 64.9 cm³/mol. The van der Waals surface area contributed by atoms with Crippen LogP contribution in [0.4, 0.5) is 0 Å². The van der Waals surface area contributed by atoms with Gasteiger partial charge in [0.2, 0.25) is 0 Å². The van der Waals surface area contributed by atoms with Gasteiger partial charge in [-0.2, -0.15) is 5.10 Å². The van der Waals surface area contributed by atoms with E-state index in [0.717, 1.165) is 5.69 Å². The fourth-order valence-corrected chi connectivity index (χ4v) is 1.80. The van der Waals surface area contributed by atoms with Crippen LogP contribution >= 0.6 is 11.6 Å². The van der Waals surface area contributed by atoms with Crippen molar-refractivity contribution in [3.05, 3.63) is 40.9 Å². The number of carbonyl (C=O) groups is 1. The maximum Gasteiger partial charge on any atom is 0.268 e. The van der Waals surface area contributed by atoms with Gasteiger partial charge >= 0.3 is 0 Å². The molecule has 0 atom stereocenters. The van der Waals surface area contributed by atoms with Gasteiger partial charge in [0.1, 0.15) is 5.69 Å². The molecule has 1 amide bonds. The van der Waals surface area contributed by atoms with Crippen LogP contribution in [0.15, 0.2) is 24.5 Å². The van der Waals surface area contributed by atoms with Gasteiger partial charge < -0.3 is 9.88 Å². The van der Waals surface area contributed by atoms with E-state index < -0.39 is 0 Å². The zero-order valence-corrected chi connectivity index (χ0v) is 10.2. The third-order valence-corrected chi connectivity index (χ3v) is 2.64. The summed E-state index contributed by atoms with van der Waals surface area (Å²) in [4.78, 5) is 11.9. The van der Waals surface area contributed by atoms with Gasteiger partial charge in [0.15, 0.2) is 0 Å². The quantitative estimate of drug-likeness (QED) is 0.872. The molecule has 0 aliphatic heterocycles. The van der Waals surface area contributed by atoms with E-state index >= 15 is 0 Å². The molecule has 2 N–H and O–H groups in total. The van der Waals surface area contributed by atoms with E-state index in [1.165, 1.54) is 0 Å². The number of aromatic nitrogens is 3. The highest BCUT2D eigenvalue weighted by atomic mass is 35.5. The largest absolute Gasteiger partial charge is 0.345 e. The first-order valence-corrected chi connectivity index (χ1v) is 5.70. The number of nitrogens with zero attached hydrogens (tertiary/aromatic N) is 2. The maximum absolute atomic E-state index is 11.9.